The largest absolute Gasteiger partial charge is 0.334 e. The minimum Gasteiger partial charge on any atom is -0.334 e. The average Bonchev–Trinajstić information content (AvgIpc) is 3.13. The van der Waals surface area contributed by atoms with Crippen molar-refractivity contribution >= 4 is 10.0 Å². The predicted molar refractivity (Wildman–Crippen MR) is 83.9 cm³/mol. The van der Waals surface area contributed by atoms with Crippen LogP contribution in [0.2, 0.25) is 0 Å². The fourth-order valence-corrected chi connectivity index (χ4v) is 3.35. The van der Waals surface area contributed by atoms with E-state index >= 15 is 0 Å². The number of hydrogen-bond donors (Lipinski definition) is 1. The van der Waals surface area contributed by atoms with Gasteiger partial charge in [0.2, 0.25) is 0 Å². The fourth-order valence-electron chi connectivity index (χ4n) is 2.11. The van der Waals surface area contributed by atoms with Gasteiger partial charge in [-0.3, -0.25) is 4.68 Å². The lowest BCUT2D eigenvalue weighted by atomic mass is 10.1. The third-order valence-electron chi connectivity index (χ3n) is 3.53. The lowest BCUT2D eigenvalue weighted by molar-refractivity contribution is 0.546. The lowest BCUT2D eigenvalue weighted by Gasteiger charge is -2.14. The summed E-state index contributed by atoms with van der Waals surface area (Å²) < 4.78 is 31.2. The lowest BCUT2D eigenvalue weighted by Crippen LogP contribution is -2.28. The molecule has 0 radical (unpaired) electrons. The van der Waals surface area contributed by atoms with Crippen molar-refractivity contribution in [3.63, 3.8) is 0 Å². The summed E-state index contributed by atoms with van der Waals surface area (Å²) in [6.45, 7) is 8.62. The van der Waals surface area contributed by atoms with Crippen LogP contribution in [0.1, 0.15) is 51.8 Å². The van der Waals surface area contributed by atoms with Crippen molar-refractivity contribution in [2.24, 2.45) is 0 Å². The molecule has 122 valence electrons. The summed E-state index contributed by atoms with van der Waals surface area (Å²) in [5.41, 5.74) is 0.858. The van der Waals surface area contributed by atoms with Crippen LogP contribution in [-0.4, -0.2) is 27.7 Å². The van der Waals surface area contributed by atoms with Gasteiger partial charge in [-0.1, -0.05) is 6.92 Å². The quantitative estimate of drug-likeness (QED) is 0.845. The number of rotatable bonds is 7. The molecular weight excluding hydrogens is 302 g/mol. The van der Waals surface area contributed by atoms with E-state index in [2.05, 4.69) is 14.8 Å². The van der Waals surface area contributed by atoms with E-state index in [1.807, 2.05) is 33.9 Å². The van der Waals surface area contributed by atoms with Crippen molar-refractivity contribution in [1.29, 1.82) is 0 Å². The summed E-state index contributed by atoms with van der Waals surface area (Å²) in [5, 5.41) is 4.24. The Morgan fingerprint density at radius 2 is 2.00 bits per heavy atom. The number of aromatic nitrogens is 4. The summed E-state index contributed by atoms with van der Waals surface area (Å²) in [5.74, 6) is 0. The number of nitrogens with zero attached hydrogens (tertiary/aromatic N) is 4. The van der Waals surface area contributed by atoms with Crippen LogP contribution in [0.25, 0.3) is 0 Å². The minimum absolute atomic E-state index is 0.0440. The van der Waals surface area contributed by atoms with Crippen LogP contribution in [0.5, 0.6) is 0 Å². The van der Waals surface area contributed by atoms with Gasteiger partial charge in [0.15, 0.2) is 5.03 Å². The molecule has 0 bridgehead atoms. The second-order valence-electron chi connectivity index (χ2n) is 5.46. The first-order valence-electron chi connectivity index (χ1n) is 7.45. The zero-order valence-corrected chi connectivity index (χ0v) is 14.2. The number of aryl methyl sites for hydroxylation is 1. The normalized spacial score (nSPS) is 13.7. The molecule has 0 fully saturated rings. The number of nitrogens with one attached hydrogen (secondary N) is 1. The van der Waals surface area contributed by atoms with Crippen molar-refractivity contribution in [1.82, 2.24) is 24.1 Å². The smallest absolute Gasteiger partial charge is 0.260 e. The molecule has 22 heavy (non-hydrogen) atoms. The molecule has 0 aliphatic carbocycles. The van der Waals surface area contributed by atoms with Gasteiger partial charge in [-0.15, -0.1) is 0 Å². The predicted octanol–water partition coefficient (Wildman–Crippen LogP) is 2.11. The third kappa shape index (κ3) is 3.56. The zero-order chi connectivity index (χ0) is 16.3. The van der Waals surface area contributed by atoms with Crippen LogP contribution in [-0.2, 0) is 16.6 Å². The molecule has 0 unspecified atom stereocenters. The highest BCUT2D eigenvalue weighted by Crippen LogP contribution is 2.19. The minimum atomic E-state index is -3.65. The van der Waals surface area contributed by atoms with Gasteiger partial charge in [-0.2, -0.15) is 5.10 Å². The van der Waals surface area contributed by atoms with Crippen molar-refractivity contribution in [2.45, 2.75) is 57.8 Å². The van der Waals surface area contributed by atoms with Crippen LogP contribution in [0.4, 0.5) is 0 Å². The molecule has 0 saturated carbocycles. The molecule has 0 amide bonds. The van der Waals surface area contributed by atoms with E-state index in [0.717, 1.165) is 12.1 Å². The van der Waals surface area contributed by atoms with E-state index < -0.39 is 10.0 Å². The van der Waals surface area contributed by atoms with E-state index in [4.69, 9.17) is 0 Å². The van der Waals surface area contributed by atoms with Crippen molar-refractivity contribution in [3.8, 4) is 0 Å². The van der Waals surface area contributed by atoms with Crippen LogP contribution < -0.4 is 4.72 Å². The molecule has 7 nitrogen and oxygen atoms in total. The van der Waals surface area contributed by atoms with Gasteiger partial charge in [0.25, 0.3) is 10.0 Å². The van der Waals surface area contributed by atoms with Crippen molar-refractivity contribution in [2.75, 3.05) is 0 Å². The zero-order valence-electron chi connectivity index (χ0n) is 13.4. The van der Waals surface area contributed by atoms with E-state index in [0.29, 0.717) is 6.42 Å². The molecule has 2 rings (SSSR count). The maximum absolute atomic E-state index is 12.5. The highest BCUT2D eigenvalue weighted by Gasteiger charge is 2.23. The SMILES string of the molecule is CC[C@@H](NS(=O)(=O)c1cn(C(C)C)cn1)c1cnn(CC)c1. The summed E-state index contributed by atoms with van der Waals surface area (Å²) in [6.07, 6.45) is 7.29. The van der Waals surface area contributed by atoms with Crippen LogP contribution in [0.3, 0.4) is 0 Å². The fraction of sp³-hybridized carbons (Fsp3) is 0.571. The summed E-state index contributed by atoms with van der Waals surface area (Å²) in [7, 11) is -3.65. The Labute approximate surface area is 131 Å². The van der Waals surface area contributed by atoms with Crippen LogP contribution in [0.15, 0.2) is 29.9 Å². The Balaban J connectivity index is 2.21. The molecule has 0 saturated heterocycles. The molecule has 0 spiro atoms. The highest BCUT2D eigenvalue weighted by molar-refractivity contribution is 7.89. The van der Waals surface area contributed by atoms with E-state index in [1.54, 1.807) is 21.6 Å². The summed E-state index contributed by atoms with van der Waals surface area (Å²) in [6, 6.07) is -0.143. The molecule has 2 aromatic rings. The molecule has 1 atom stereocenters. The first kappa shape index (κ1) is 16.7. The maximum Gasteiger partial charge on any atom is 0.260 e. The van der Waals surface area contributed by atoms with Crippen molar-refractivity contribution in [3.05, 3.63) is 30.5 Å². The Morgan fingerprint density at radius 3 is 2.50 bits per heavy atom. The van der Waals surface area contributed by atoms with Gasteiger partial charge in [0.05, 0.1) is 12.5 Å². The molecule has 1 N–H and O–H groups in total. The van der Waals surface area contributed by atoms with Gasteiger partial charge in [-0.25, -0.2) is 18.1 Å². The van der Waals surface area contributed by atoms with E-state index in [1.165, 1.54) is 6.33 Å². The Kier molecular flexibility index (Phi) is 5.02. The first-order valence-corrected chi connectivity index (χ1v) is 8.93. The third-order valence-corrected chi connectivity index (χ3v) is 4.89. The van der Waals surface area contributed by atoms with Gasteiger partial charge in [-0.05, 0) is 27.2 Å². The second kappa shape index (κ2) is 6.62. The van der Waals surface area contributed by atoms with Gasteiger partial charge < -0.3 is 4.57 Å². The molecule has 8 heteroatoms. The summed E-state index contributed by atoms with van der Waals surface area (Å²) >= 11 is 0. The number of imidazole rings is 1. The average molecular weight is 325 g/mol. The molecule has 0 aliphatic heterocycles. The first-order chi connectivity index (χ1) is 10.4. The Bertz CT molecular complexity index is 717. The molecule has 0 aromatic carbocycles. The molecule has 2 heterocycles. The maximum atomic E-state index is 12.5. The molecule has 2 aromatic heterocycles. The van der Waals surface area contributed by atoms with Gasteiger partial charge >= 0.3 is 0 Å². The van der Waals surface area contributed by atoms with Crippen molar-refractivity contribution < 1.29 is 8.42 Å². The van der Waals surface area contributed by atoms with Crippen LogP contribution >= 0.6 is 0 Å². The van der Waals surface area contributed by atoms with Gasteiger partial charge in [0.1, 0.15) is 0 Å². The highest BCUT2D eigenvalue weighted by atomic mass is 32.2. The summed E-state index contributed by atoms with van der Waals surface area (Å²) in [4.78, 5) is 4.00. The van der Waals surface area contributed by atoms with Gasteiger partial charge in [0, 0.05) is 36.6 Å². The number of sulfonamides is 1. The van der Waals surface area contributed by atoms with E-state index in [9.17, 15) is 8.42 Å². The Hall–Kier alpha value is -1.67. The van der Waals surface area contributed by atoms with E-state index in [-0.39, 0.29) is 17.1 Å². The number of hydrogen-bond acceptors (Lipinski definition) is 4. The second-order valence-corrected chi connectivity index (χ2v) is 7.13. The Morgan fingerprint density at radius 1 is 1.27 bits per heavy atom. The standard InChI is InChI=1S/C14H23N5O2S/c1-5-13(12-7-16-19(6-2)8-12)17-22(20,21)14-9-18(10-15-14)11(3)4/h7-11,13,17H,5-6H2,1-4H3/t13-/m1/s1. The topological polar surface area (TPSA) is 81.8 Å². The monoisotopic (exact) mass is 325 g/mol. The molecule has 0 aliphatic rings. The molecular formula is C14H23N5O2S. The van der Waals surface area contributed by atoms with Crippen LogP contribution in [0, 0.1) is 0 Å².